The molecule has 2 aliphatic rings. The molecule has 1 aliphatic heterocycles. The van der Waals surface area contributed by atoms with Crippen molar-refractivity contribution < 1.29 is 9.84 Å². The van der Waals surface area contributed by atoms with E-state index in [0.29, 0.717) is 12.6 Å². The topological polar surface area (TPSA) is 41.5 Å². The Morgan fingerprint density at radius 2 is 1.92 bits per heavy atom. The minimum atomic E-state index is -0.286. The van der Waals surface area contributed by atoms with Gasteiger partial charge in [0.05, 0.1) is 18.3 Å². The Labute approximate surface area is 73.1 Å². The Kier molecular flexibility index (Phi) is 2.63. The molecular formula is C9H17NO2. The summed E-state index contributed by atoms with van der Waals surface area (Å²) < 4.78 is 5.77. The van der Waals surface area contributed by atoms with Gasteiger partial charge in [0.1, 0.15) is 0 Å². The van der Waals surface area contributed by atoms with E-state index < -0.39 is 0 Å². The molecule has 2 N–H and O–H groups in total. The number of nitrogens with one attached hydrogen (secondary N) is 1. The molecule has 0 aromatic heterocycles. The molecular weight excluding hydrogens is 154 g/mol. The number of rotatable bonds is 2. The van der Waals surface area contributed by atoms with Gasteiger partial charge in [0.25, 0.3) is 0 Å². The smallest absolute Gasteiger partial charge is 0.0974 e. The molecule has 1 saturated heterocycles. The first-order valence-electron chi connectivity index (χ1n) is 4.90. The third-order valence-corrected chi connectivity index (χ3v) is 2.80. The summed E-state index contributed by atoms with van der Waals surface area (Å²) in [7, 11) is 0. The lowest BCUT2D eigenvalue weighted by molar-refractivity contribution is -0.0498. The number of ether oxygens (including phenoxy) is 1. The molecule has 2 atom stereocenters. The number of aliphatic hydroxyl groups excluding tert-OH is 1. The van der Waals surface area contributed by atoms with Crippen molar-refractivity contribution in [1.29, 1.82) is 0 Å². The van der Waals surface area contributed by atoms with Crippen molar-refractivity contribution in [2.24, 2.45) is 0 Å². The number of β-amino-alcohol motifs (C(OH)–C–C–N with tert-alkyl or cyclic N) is 1. The van der Waals surface area contributed by atoms with Crippen molar-refractivity contribution in [3.63, 3.8) is 0 Å². The van der Waals surface area contributed by atoms with Crippen LogP contribution in [0.2, 0.25) is 0 Å². The summed E-state index contributed by atoms with van der Waals surface area (Å²) in [6.07, 6.45) is 5.14. The van der Waals surface area contributed by atoms with Crippen molar-refractivity contribution in [3.8, 4) is 0 Å². The second-order valence-corrected chi connectivity index (χ2v) is 3.81. The molecule has 70 valence electrons. The van der Waals surface area contributed by atoms with Crippen molar-refractivity contribution in [1.82, 2.24) is 5.32 Å². The zero-order chi connectivity index (χ0) is 8.39. The Hall–Kier alpha value is -0.120. The fraction of sp³-hybridized carbons (Fsp3) is 1.00. The fourth-order valence-corrected chi connectivity index (χ4v) is 2.05. The molecule has 0 aromatic rings. The van der Waals surface area contributed by atoms with E-state index in [1.165, 1.54) is 25.7 Å². The molecule has 0 aromatic carbocycles. The standard InChI is InChI=1S/C9H17NO2/c11-8-5-10-6-9(8)12-7-3-1-2-4-7/h7-11H,1-6H2/t8-,9-/m1/s1. The van der Waals surface area contributed by atoms with Gasteiger partial charge in [0, 0.05) is 13.1 Å². The van der Waals surface area contributed by atoms with Crippen LogP contribution in [0.4, 0.5) is 0 Å². The number of aliphatic hydroxyl groups is 1. The molecule has 1 saturated carbocycles. The molecule has 2 rings (SSSR count). The van der Waals surface area contributed by atoms with Gasteiger partial charge >= 0.3 is 0 Å². The van der Waals surface area contributed by atoms with Gasteiger partial charge in [-0.15, -0.1) is 0 Å². The van der Waals surface area contributed by atoms with Gasteiger partial charge in [0.2, 0.25) is 0 Å². The van der Waals surface area contributed by atoms with Crippen molar-refractivity contribution in [2.75, 3.05) is 13.1 Å². The Bertz CT molecular complexity index is 145. The van der Waals surface area contributed by atoms with Crippen LogP contribution >= 0.6 is 0 Å². The summed E-state index contributed by atoms with van der Waals surface area (Å²) in [4.78, 5) is 0. The first-order valence-corrected chi connectivity index (χ1v) is 4.90. The molecule has 0 unspecified atom stereocenters. The molecule has 12 heavy (non-hydrogen) atoms. The summed E-state index contributed by atoms with van der Waals surface area (Å²) in [5.41, 5.74) is 0. The first kappa shape index (κ1) is 8.48. The summed E-state index contributed by atoms with van der Waals surface area (Å²) >= 11 is 0. The highest BCUT2D eigenvalue weighted by atomic mass is 16.5. The molecule has 2 fully saturated rings. The molecule has 3 nitrogen and oxygen atoms in total. The van der Waals surface area contributed by atoms with Crippen molar-refractivity contribution in [2.45, 2.75) is 44.0 Å². The van der Waals surface area contributed by atoms with E-state index in [4.69, 9.17) is 4.74 Å². The Morgan fingerprint density at radius 3 is 2.50 bits per heavy atom. The van der Waals surface area contributed by atoms with Crippen LogP contribution in [0.15, 0.2) is 0 Å². The van der Waals surface area contributed by atoms with Gasteiger partial charge in [-0.05, 0) is 12.8 Å². The molecule has 1 aliphatic carbocycles. The second kappa shape index (κ2) is 3.73. The molecule has 0 spiro atoms. The van der Waals surface area contributed by atoms with Gasteiger partial charge in [0.15, 0.2) is 0 Å². The van der Waals surface area contributed by atoms with Gasteiger partial charge < -0.3 is 15.2 Å². The minimum Gasteiger partial charge on any atom is -0.389 e. The minimum absolute atomic E-state index is 0.0492. The molecule has 1 heterocycles. The first-order chi connectivity index (χ1) is 5.86. The second-order valence-electron chi connectivity index (χ2n) is 3.81. The van der Waals surface area contributed by atoms with Gasteiger partial charge in [-0.3, -0.25) is 0 Å². The summed E-state index contributed by atoms with van der Waals surface area (Å²) in [5, 5.41) is 12.6. The lowest BCUT2D eigenvalue weighted by Crippen LogP contribution is -2.30. The summed E-state index contributed by atoms with van der Waals surface area (Å²) in [6, 6.07) is 0. The normalized spacial score (nSPS) is 37.8. The monoisotopic (exact) mass is 171 g/mol. The average molecular weight is 171 g/mol. The molecule has 3 heteroatoms. The number of hydrogen-bond donors (Lipinski definition) is 2. The fourth-order valence-electron chi connectivity index (χ4n) is 2.05. The van der Waals surface area contributed by atoms with Crippen LogP contribution in [-0.2, 0) is 4.74 Å². The van der Waals surface area contributed by atoms with Crippen LogP contribution in [0.1, 0.15) is 25.7 Å². The van der Waals surface area contributed by atoms with E-state index >= 15 is 0 Å². The Balaban J connectivity index is 1.77. The van der Waals surface area contributed by atoms with E-state index in [2.05, 4.69) is 5.32 Å². The van der Waals surface area contributed by atoms with E-state index in [1.807, 2.05) is 0 Å². The van der Waals surface area contributed by atoms with Crippen LogP contribution in [0.25, 0.3) is 0 Å². The predicted octanol–water partition coefficient (Wildman–Crippen LogP) is 0.278. The van der Waals surface area contributed by atoms with Crippen LogP contribution in [0, 0.1) is 0 Å². The van der Waals surface area contributed by atoms with E-state index in [1.54, 1.807) is 0 Å². The van der Waals surface area contributed by atoms with E-state index in [-0.39, 0.29) is 12.2 Å². The van der Waals surface area contributed by atoms with Crippen molar-refractivity contribution >= 4 is 0 Å². The van der Waals surface area contributed by atoms with Crippen LogP contribution < -0.4 is 5.32 Å². The third-order valence-electron chi connectivity index (χ3n) is 2.80. The van der Waals surface area contributed by atoms with Gasteiger partial charge in [-0.1, -0.05) is 12.8 Å². The number of hydrogen-bond acceptors (Lipinski definition) is 3. The zero-order valence-electron chi connectivity index (χ0n) is 7.33. The molecule has 0 bridgehead atoms. The van der Waals surface area contributed by atoms with Gasteiger partial charge in [-0.25, -0.2) is 0 Å². The quantitative estimate of drug-likeness (QED) is 0.627. The molecule has 0 amide bonds. The largest absolute Gasteiger partial charge is 0.389 e. The maximum Gasteiger partial charge on any atom is 0.0974 e. The van der Waals surface area contributed by atoms with Crippen molar-refractivity contribution in [3.05, 3.63) is 0 Å². The highest BCUT2D eigenvalue weighted by molar-refractivity contribution is 4.83. The summed E-state index contributed by atoms with van der Waals surface area (Å²) in [5.74, 6) is 0. The predicted molar refractivity (Wildman–Crippen MR) is 46.0 cm³/mol. The van der Waals surface area contributed by atoms with Crippen LogP contribution in [0.5, 0.6) is 0 Å². The SMILES string of the molecule is O[C@@H]1CNC[C@H]1OC1CCCC1. The van der Waals surface area contributed by atoms with Crippen LogP contribution in [0.3, 0.4) is 0 Å². The maximum atomic E-state index is 9.46. The van der Waals surface area contributed by atoms with Gasteiger partial charge in [-0.2, -0.15) is 0 Å². The highest BCUT2D eigenvalue weighted by Crippen LogP contribution is 2.23. The maximum absolute atomic E-state index is 9.46. The third kappa shape index (κ3) is 1.79. The average Bonchev–Trinajstić information content (AvgIpc) is 2.65. The van der Waals surface area contributed by atoms with Crippen LogP contribution in [-0.4, -0.2) is 36.5 Å². The highest BCUT2D eigenvalue weighted by Gasteiger charge is 2.29. The lowest BCUT2D eigenvalue weighted by atomic mass is 10.2. The zero-order valence-corrected chi connectivity index (χ0v) is 7.33. The summed E-state index contributed by atoms with van der Waals surface area (Å²) in [6.45, 7) is 1.51. The Morgan fingerprint density at radius 1 is 1.17 bits per heavy atom. The lowest BCUT2D eigenvalue weighted by Gasteiger charge is -2.19. The molecule has 0 radical (unpaired) electrons. The van der Waals surface area contributed by atoms with E-state index in [9.17, 15) is 5.11 Å². The van der Waals surface area contributed by atoms with E-state index in [0.717, 1.165) is 6.54 Å².